The lowest BCUT2D eigenvalue weighted by Crippen LogP contribution is -2.45. The molecule has 0 radical (unpaired) electrons. The van der Waals surface area contributed by atoms with Crippen molar-refractivity contribution in [3.63, 3.8) is 0 Å². The van der Waals surface area contributed by atoms with Crippen LogP contribution in [0.15, 0.2) is 24.5 Å². The third-order valence-electron chi connectivity index (χ3n) is 4.14. The lowest BCUT2D eigenvalue weighted by atomic mass is 10.2. The second-order valence-electron chi connectivity index (χ2n) is 5.95. The van der Waals surface area contributed by atoms with Gasteiger partial charge in [-0.15, -0.1) is 0 Å². The number of piperazine rings is 1. The number of nitrogens with zero attached hydrogens (tertiary/aromatic N) is 4. The number of nitrogen functional groups attached to an aromatic ring is 1. The van der Waals surface area contributed by atoms with Crippen LogP contribution < -0.4 is 21.5 Å². The second kappa shape index (κ2) is 7.94. The summed E-state index contributed by atoms with van der Waals surface area (Å²) in [5.41, 5.74) is 12.1. The highest BCUT2D eigenvalue weighted by atomic mass is 35.5. The number of hydrogen-bond donors (Lipinski definition) is 3. The van der Waals surface area contributed by atoms with Gasteiger partial charge in [0.1, 0.15) is 12.0 Å². The second-order valence-corrected chi connectivity index (χ2v) is 6.80. The topological polar surface area (TPSA) is 99.4 Å². The Balaban J connectivity index is 1.70. The van der Waals surface area contributed by atoms with Gasteiger partial charge in [-0.3, -0.25) is 15.6 Å². The monoisotopic (exact) mass is 395 g/mol. The molecule has 1 aliphatic rings. The number of carbonyl (C=O) groups excluding carboxylic acids is 1. The SMILES string of the molecule is CN1CCN(c2ncnc(NNC(=O)c3ccc(Cl)cc3Cl)c2N)CC1. The normalized spacial score (nSPS) is 15.0. The minimum Gasteiger partial charge on any atom is -0.393 e. The number of amides is 1. The largest absolute Gasteiger partial charge is 0.393 e. The number of nitrogens with two attached hydrogens (primary N) is 1. The van der Waals surface area contributed by atoms with E-state index in [0.717, 1.165) is 26.2 Å². The van der Waals surface area contributed by atoms with Gasteiger partial charge in [0.25, 0.3) is 5.91 Å². The summed E-state index contributed by atoms with van der Waals surface area (Å²) < 4.78 is 0. The molecule has 0 aliphatic carbocycles. The summed E-state index contributed by atoms with van der Waals surface area (Å²) in [6.45, 7) is 3.50. The molecule has 0 bridgehead atoms. The number of aromatic nitrogens is 2. The van der Waals surface area contributed by atoms with E-state index in [1.54, 1.807) is 12.1 Å². The van der Waals surface area contributed by atoms with Gasteiger partial charge in [-0.1, -0.05) is 23.2 Å². The fraction of sp³-hybridized carbons (Fsp3) is 0.312. The average molecular weight is 396 g/mol. The Kier molecular flexibility index (Phi) is 5.65. The molecule has 10 heteroatoms. The number of nitrogens with one attached hydrogen (secondary N) is 2. The summed E-state index contributed by atoms with van der Waals surface area (Å²) in [4.78, 5) is 25.0. The molecule has 1 aromatic carbocycles. The van der Waals surface area contributed by atoms with Crippen LogP contribution >= 0.6 is 23.2 Å². The Labute approximate surface area is 161 Å². The summed E-state index contributed by atoms with van der Waals surface area (Å²) >= 11 is 11.9. The first-order valence-electron chi connectivity index (χ1n) is 8.01. The third kappa shape index (κ3) is 4.09. The highest BCUT2D eigenvalue weighted by Gasteiger charge is 2.20. The zero-order valence-corrected chi connectivity index (χ0v) is 15.7. The van der Waals surface area contributed by atoms with Crippen LogP contribution in [-0.2, 0) is 0 Å². The van der Waals surface area contributed by atoms with Crippen LogP contribution in [0.2, 0.25) is 10.0 Å². The Morgan fingerprint density at radius 1 is 1.19 bits per heavy atom. The summed E-state index contributed by atoms with van der Waals surface area (Å²) in [5, 5.41) is 0.710. The Hall–Kier alpha value is -2.29. The highest BCUT2D eigenvalue weighted by Crippen LogP contribution is 2.26. The number of hydrogen-bond acceptors (Lipinski definition) is 7. The maximum absolute atomic E-state index is 12.3. The van der Waals surface area contributed by atoms with Crippen LogP contribution in [0.25, 0.3) is 0 Å². The fourth-order valence-electron chi connectivity index (χ4n) is 2.61. The molecule has 3 rings (SSSR count). The molecule has 1 amide bonds. The Morgan fingerprint density at radius 3 is 2.62 bits per heavy atom. The standard InChI is InChI=1S/C16H19Cl2N7O/c1-24-4-6-25(7-5-24)15-13(19)14(20-9-21-15)22-23-16(26)11-3-2-10(17)8-12(11)18/h2-3,8-9H,4-7,19H2,1H3,(H,23,26)(H,20,21,22). The van der Waals surface area contributed by atoms with Crippen molar-refractivity contribution in [2.45, 2.75) is 0 Å². The smallest absolute Gasteiger partial charge is 0.271 e. The number of anilines is 3. The van der Waals surface area contributed by atoms with Crippen molar-refractivity contribution >= 4 is 46.4 Å². The zero-order valence-electron chi connectivity index (χ0n) is 14.2. The van der Waals surface area contributed by atoms with Gasteiger partial charge >= 0.3 is 0 Å². The molecule has 138 valence electrons. The van der Waals surface area contributed by atoms with Gasteiger partial charge in [0.2, 0.25) is 0 Å². The molecule has 8 nitrogen and oxygen atoms in total. The van der Waals surface area contributed by atoms with Crippen molar-refractivity contribution in [2.75, 3.05) is 49.3 Å². The van der Waals surface area contributed by atoms with E-state index < -0.39 is 5.91 Å². The maximum Gasteiger partial charge on any atom is 0.271 e. The van der Waals surface area contributed by atoms with E-state index in [4.69, 9.17) is 28.9 Å². The zero-order chi connectivity index (χ0) is 18.7. The van der Waals surface area contributed by atoms with Crippen LogP contribution in [0.1, 0.15) is 10.4 Å². The van der Waals surface area contributed by atoms with Crippen molar-refractivity contribution in [1.29, 1.82) is 0 Å². The number of halogens is 2. The van der Waals surface area contributed by atoms with Crippen molar-refractivity contribution in [1.82, 2.24) is 20.3 Å². The molecule has 0 spiro atoms. The molecule has 1 fully saturated rings. The molecule has 1 saturated heterocycles. The first-order chi connectivity index (χ1) is 12.5. The van der Waals surface area contributed by atoms with Gasteiger partial charge in [-0.05, 0) is 25.2 Å². The van der Waals surface area contributed by atoms with E-state index in [0.29, 0.717) is 22.3 Å². The summed E-state index contributed by atoms with van der Waals surface area (Å²) in [6, 6.07) is 4.64. The van der Waals surface area contributed by atoms with E-state index in [1.165, 1.54) is 12.4 Å². The first kappa shape index (κ1) is 18.5. The van der Waals surface area contributed by atoms with Crippen LogP contribution in [0.4, 0.5) is 17.3 Å². The molecule has 0 saturated carbocycles. The van der Waals surface area contributed by atoms with Gasteiger partial charge in [0.15, 0.2) is 11.6 Å². The van der Waals surface area contributed by atoms with Crippen molar-refractivity contribution < 1.29 is 4.79 Å². The van der Waals surface area contributed by atoms with E-state index in [1.807, 2.05) is 0 Å². The third-order valence-corrected chi connectivity index (χ3v) is 4.68. The lowest BCUT2D eigenvalue weighted by molar-refractivity contribution is 0.0962. The highest BCUT2D eigenvalue weighted by molar-refractivity contribution is 6.36. The summed E-state index contributed by atoms with van der Waals surface area (Å²) in [6.07, 6.45) is 1.41. The summed E-state index contributed by atoms with van der Waals surface area (Å²) in [5.74, 6) is 0.549. The molecule has 2 heterocycles. The van der Waals surface area contributed by atoms with Crippen LogP contribution in [-0.4, -0.2) is 54.0 Å². The van der Waals surface area contributed by atoms with E-state index in [-0.39, 0.29) is 10.6 Å². The average Bonchev–Trinajstić information content (AvgIpc) is 2.61. The fourth-order valence-corrected chi connectivity index (χ4v) is 3.11. The van der Waals surface area contributed by atoms with Gasteiger partial charge in [0.05, 0.1) is 10.6 Å². The lowest BCUT2D eigenvalue weighted by Gasteiger charge is -2.33. The predicted octanol–water partition coefficient (Wildman–Crippen LogP) is 1.87. The number of carbonyl (C=O) groups is 1. The molecule has 1 aliphatic heterocycles. The van der Waals surface area contributed by atoms with Gasteiger partial charge in [0, 0.05) is 31.2 Å². The molecule has 0 atom stereocenters. The summed E-state index contributed by atoms with van der Waals surface area (Å²) in [7, 11) is 2.07. The number of likely N-dealkylation sites (N-methyl/N-ethyl adjacent to an activating group) is 1. The molecule has 2 aromatic rings. The van der Waals surface area contributed by atoms with Crippen molar-refractivity contribution in [2.24, 2.45) is 0 Å². The Morgan fingerprint density at radius 2 is 1.92 bits per heavy atom. The van der Waals surface area contributed by atoms with Crippen LogP contribution in [0.5, 0.6) is 0 Å². The van der Waals surface area contributed by atoms with E-state index in [2.05, 4.69) is 37.7 Å². The maximum atomic E-state index is 12.3. The molecule has 4 N–H and O–H groups in total. The van der Waals surface area contributed by atoms with Crippen molar-refractivity contribution in [3.05, 3.63) is 40.1 Å². The molecule has 1 aromatic heterocycles. The van der Waals surface area contributed by atoms with Gasteiger partial charge in [-0.25, -0.2) is 9.97 Å². The molecule has 26 heavy (non-hydrogen) atoms. The molecular weight excluding hydrogens is 377 g/mol. The van der Waals surface area contributed by atoms with Crippen LogP contribution in [0.3, 0.4) is 0 Å². The van der Waals surface area contributed by atoms with E-state index in [9.17, 15) is 4.79 Å². The number of hydrazine groups is 1. The van der Waals surface area contributed by atoms with E-state index >= 15 is 0 Å². The first-order valence-corrected chi connectivity index (χ1v) is 8.76. The van der Waals surface area contributed by atoms with Crippen LogP contribution in [0, 0.1) is 0 Å². The van der Waals surface area contributed by atoms with Crippen molar-refractivity contribution in [3.8, 4) is 0 Å². The number of rotatable bonds is 4. The quantitative estimate of drug-likeness (QED) is 0.679. The van der Waals surface area contributed by atoms with Gasteiger partial charge < -0.3 is 15.5 Å². The minimum atomic E-state index is -0.425. The number of benzene rings is 1. The molecular formula is C16H19Cl2N7O. The minimum absolute atomic E-state index is 0.255. The molecule has 0 unspecified atom stereocenters. The Bertz CT molecular complexity index is 809. The predicted molar refractivity (Wildman–Crippen MR) is 104 cm³/mol. The van der Waals surface area contributed by atoms with Gasteiger partial charge in [-0.2, -0.15) is 0 Å².